The molecule has 17 heavy (non-hydrogen) atoms. The molecule has 1 aromatic rings. The van der Waals surface area contributed by atoms with Gasteiger partial charge in [0.25, 0.3) is 0 Å². The third-order valence-electron chi connectivity index (χ3n) is 2.37. The van der Waals surface area contributed by atoms with Crippen molar-refractivity contribution in [3.63, 3.8) is 0 Å². The summed E-state index contributed by atoms with van der Waals surface area (Å²) in [4.78, 5) is 11.4. The second-order valence-electron chi connectivity index (χ2n) is 4.21. The van der Waals surface area contributed by atoms with Crippen molar-refractivity contribution in [2.45, 2.75) is 19.4 Å². The summed E-state index contributed by atoms with van der Waals surface area (Å²) in [6.07, 6.45) is 0. The van der Waals surface area contributed by atoms with E-state index in [9.17, 15) is 9.18 Å². The molecule has 0 heterocycles. The number of nitrogens with one attached hydrogen (secondary N) is 2. The van der Waals surface area contributed by atoms with Crippen molar-refractivity contribution in [2.24, 2.45) is 0 Å². The molecule has 0 spiro atoms. The summed E-state index contributed by atoms with van der Waals surface area (Å²) in [6, 6.07) is 5.85. The lowest BCUT2D eigenvalue weighted by Gasteiger charge is -2.27. The zero-order valence-electron chi connectivity index (χ0n) is 9.96. The van der Waals surface area contributed by atoms with E-state index in [0.29, 0.717) is 5.56 Å². The highest BCUT2D eigenvalue weighted by Gasteiger charge is 2.25. The van der Waals surface area contributed by atoms with Gasteiger partial charge >= 0.3 is 6.03 Å². The molecule has 0 saturated carbocycles. The first kappa shape index (κ1) is 13.4. The van der Waals surface area contributed by atoms with Crippen LogP contribution in [-0.2, 0) is 5.54 Å². The summed E-state index contributed by atoms with van der Waals surface area (Å²) >= 11 is 0. The highest BCUT2D eigenvalue weighted by Crippen LogP contribution is 2.22. The van der Waals surface area contributed by atoms with E-state index in [4.69, 9.17) is 5.11 Å². The maximum absolute atomic E-state index is 13.6. The Morgan fingerprint density at radius 3 is 2.65 bits per heavy atom. The number of urea groups is 1. The van der Waals surface area contributed by atoms with Crippen LogP contribution in [0.3, 0.4) is 0 Å². The molecule has 0 atom stereocenters. The van der Waals surface area contributed by atoms with Gasteiger partial charge in [0.1, 0.15) is 5.82 Å². The summed E-state index contributed by atoms with van der Waals surface area (Å²) in [6.45, 7) is 3.46. The summed E-state index contributed by atoms with van der Waals surface area (Å²) in [7, 11) is 0. The van der Waals surface area contributed by atoms with Gasteiger partial charge in [-0.15, -0.1) is 0 Å². The van der Waals surface area contributed by atoms with Gasteiger partial charge in [0.15, 0.2) is 0 Å². The number of benzene rings is 1. The number of carbonyl (C=O) groups excluding carboxylic acids is 1. The molecule has 0 aliphatic heterocycles. The molecular formula is C12H17FN2O2. The molecule has 1 rings (SSSR count). The SMILES string of the molecule is CC(C)(NC(=O)NCCO)c1ccccc1F. The summed E-state index contributed by atoms with van der Waals surface area (Å²) in [5, 5.41) is 13.7. The van der Waals surface area contributed by atoms with Crippen LogP contribution in [0.1, 0.15) is 19.4 Å². The molecule has 2 amide bonds. The molecular weight excluding hydrogens is 223 g/mol. The number of rotatable bonds is 4. The number of halogens is 1. The normalized spacial score (nSPS) is 11.1. The molecule has 3 N–H and O–H groups in total. The van der Waals surface area contributed by atoms with Gasteiger partial charge in [0.2, 0.25) is 0 Å². The van der Waals surface area contributed by atoms with E-state index >= 15 is 0 Å². The summed E-state index contributed by atoms with van der Waals surface area (Å²) in [5.41, 5.74) is -0.399. The Labute approximate surface area is 99.8 Å². The van der Waals surface area contributed by atoms with Gasteiger partial charge < -0.3 is 15.7 Å². The van der Waals surface area contributed by atoms with Gasteiger partial charge in [-0.1, -0.05) is 18.2 Å². The largest absolute Gasteiger partial charge is 0.395 e. The van der Waals surface area contributed by atoms with Crippen LogP contribution in [0.2, 0.25) is 0 Å². The fourth-order valence-electron chi connectivity index (χ4n) is 1.53. The van der Waals surface area contributed by atoms with Crippen molar-refractivity contribution in [1.29, 1.82) is 0 Å². The van der Waals surface area contributed by atoms with Crippen molar-refractivity contribution >= 4 is 6.03 Å². The predicted molar refractivity (Wildman–Crippen MR) is 63.0 cm³/mol. The van der Waals surface area contributed by atoms with Crippen LogP contribution in [0, 0.1) is 5.82 Å². The van der Waals surface area contributed by atoms with Gasteiger partial charge in [-0.2, -0.15) is 0 Å². The first-order valence-corrected chi connectivity index (χ1v) is 5.39. The zero-order chi connectivity index (χ0) is 12.9. The van der Waals surface area contributed by atoms with E-state index in [1.165, 1.54) is 6.07 Å². The fraction of sp³-hybridized carbons (Fsp3) is 0.417. The van der Waals surface area contributed by atoms with Crippen molar-refractivity contribution in [3.05, 3.63) is 35.6 Å². The number of aliphatic hydroxyl groups excluding tert-OH is 1. The Kier molecular flexibility index (Phi) is 4.45. The quantitative estimate of drug-likeness (QED) is 0.744. The fourth-order valence-corrected chi connectivity index (χ4v) is 1.53. The monoisotopic (exact) mass is 240 g/mol. The Morgan fingerprint density at radius 1 is 1.41 bits per heavy atom. The Balaban J connectivity index is 2.75. The standard InChI is InChI=1S/C12H17FN2O2/c1-12(2,15-11(17)14-7-8-16)9-5-3-4-6-10(9)13/h3-6,16H,7-8H2,1-2H3,(H2,14,15,17). The molecule has 1 aromatic carbocycles. The van der Waals surface area contributed by atoms with Crippen LogP contribution >= 0.6 is 0 Å². The van der Waals surface area contributed by atoms with Gasteiger partial charge in [0.05, 0.1) is 12.1 Å². The van der Waals surface area contributed by atoms with Crippen molar-refractivity contribution in [3.8, 4) is 0 Å². The second kappa shape index (κ2) is 5.63. The molecule has 0 bridgehead atoms. The topological polar surface area (TPSA) is 61.4 Å². The van der Waals surface area contributed by atoms with E-state index in [1.54, 1.807) is 32.0 Å². The number of aliphatic hydroxyl groups is 1. The third-order valence-corrected chi connectivity index (χ3v) is 2.37. The minimum Gasteiger partial charge on any atom is -0.395 e. The van der Waals surface area contributed by atoms with Crippen LogP contribution in [0.4, 0.5) is 9.18 Å². The molecule has 0 unspecified atom stereocenters. The highest BCUT2D eigenvalue weighted by molar-refractivity contribution is 5.74. The van der Waals surface area contributed by atoms with E-state index < -0.39 is 11.6 Å². The van der Waals surface area contributed by atoms with E-state index in [-0.39, 0.29) is 19.0 Å². The highest BCUT2D eigenvalue weighted by atomic mass is 19.1. The minimum atomic E-state index is -0.815. The van der Waals surface area contributed by atoms with Gasteiger partial charge in [0, 0.05) is 12.1 Å². The second-order valence-corrected chi connectivity index (χ2v) is 4.21. The predicted octanol–water partition coefficient (Wildman–Crippen LogP) is 1.35. The Morgan fingerprint density at radius 2 is 2.06 bits per heavy atom. The molecule has 0 aliphatic rings. The average Bonchev–Trinajstić information content (AvgIpc) is 2.26. The number of hydrogen-bond donors (Lipinski definition) is 3. The van der Waals surface area contributed by atoms with Crippen LogP contribution in [0.5, 0.6) is 0 Å². The van der Waals surface area contributed by atoms with Crippen molar-refractivity contribution in [2.75, 3.05) is 13.2 Å². The Hall–Kier alpha value is -1.62. The van der Waals surface area contributed by atoms with Crippen LogP contribution in [-0.4, -0.2) is 24.3 Å². The minimum absolute atomic E-state index is 0.131. The van der Waals surface area contributed by atoms with Crippen LogP contribution in [0.25, 0.3) is 0 Å². The van der Waals surface area contributed by atoms with E-state index in [2.05, 4.69) is 10.6 Å². The molecule has 94 valence electrons. The van der Waals surface area contributed by atoms with Gasteiger partial charge in [-0.3, -0.25) is 0 Å². The van der Waals surface area contributed by atoms with E-state index in [1.807, 2.05) is 0 Å². The lowest BCUT2D eigenvalue weighted by atomic mass is 9.94. The molecule has 0 fully saturated rings. The van der Waals surface area contributed by atoms with E-state index in [0.717, 1.165) is 0 Å². The molecule has 0 radical (unpaired) electrons. The maximum atomic E-state index is 13.6. The van der Waals surface area contributed by atoms with Crippen molar-refractivity contribution < 1.29 is 14.3 Å². The lowest BCUT2D eigenvalue weighted by molar-refractivity contribution is 0.223. The first-order chi connectivity index (χ1) is 7.97. The van der Waals surface area contributed by atoms with Gasteiger partial charge in [-0.25, -0.2) is 9.18 Å². The average molecular weight is 240 g/mol. The molecule has 4 nitrogen and oxygen atoms in total. The smallest absolute Gasteiger partial charge is 0.315 e. The first-order valence-electron chi connectivity index (χ1n) is 5.39. The van der Waals surface area contributed by atoms with Crippen LogP contribution < -0.4 is 10.6 Å². The third kappa shape index (κ3) is 3.71. The summed E-state index contributed by atoms with van der Waals surface area (Å²) in [5.74, 6) is -0.361. The number of hydrogen-bond acceptors (Lipinski definition) is 2. The Bertz CT molecular complexity index is 394. The number of amides is 2. The zero-order valence-corrected chi connectivity index (χ0v) is 9.96. The lowest BCUT2D eigenvalue weighted by Crippen LogP contribution is -2.47. The van der Waals surface area contributed by atoms with Crippen molar-refractivity contribution in [1.82, 2.24) is 10.6 Å². The number of carbonyl (C=O) groups is 1. The van der Waals surface area contributed by atoms with Crippen LogP contribution in [0.15, 0.2) is 24.3 Å². The molecule has 0 saturated heterocycles. The molecule has 5 heteroatoms. The molecule has 0 aromatic heterocycles. The van der Waals surface area contributed by atoms with Gasteiger partial charge in [-0.05, 0) is 19.9 Å². The molecule has 0 aliphatic carbocycles. The maximum Gasteiger partial charge on any atom is 0.315 e. The summed E-state index contributed by atoms with van der Waals surface area (Å²) < 4.78 is 13.6.